The van der Waals surface area contributed by atoms with E-state index in [1.165, 1.54) is 42.2 Å². The lowest BCUT2D eigenvalue weighted by Gasteiger charge is -2.53. The van der Waals surface area contributed by atoms with Gasteiger partial charge in [-0.15, -0.1) is 0 Å². The molecule has 3 aromatic carbocycles. The van der Waals surface area contributed by atoms with Crippen LogP contribution >= 0.6 is 23.4 Å². The van der Waals surface area contributed by atoms with Gasteiger partial charge in [0.1, 0.15) is 47.8 Å². The third-order valence-electron chi connectivity index (χ3n) is 19.0. The zero-order chi connectivity index (χ0) is 65.7. The molecule has 92 heavy (non-hydrogen) atoms. The fourth-order valence-electron chi connectivity index (χ4n) is 14.0. The number of ether oxygens (including phenoxy) is 4. The van der Waals surface area contributed by atoms with Gasteiger partial charge in [0.25, 0.3) is 0 Å². The number of imidazole rings is 1. The van der Waals surface area contributed by atoms with Crippen molar-refractivity contribution < 1.29 is 69.9 Å². The van der Waals surface area contributed by atoms with Crippen molar-refractivity contribution >= 4 is 73.6 Å². The van der Waals surface area contributed by atoms with Crippen LogP contribution in [0.4, 0.5) is 43.7 Å². The van der Waals surface area contributed by atoms with Crippen molar-refractivity contribution in [3.05, 3.63) is 89.5 Å². The van der Waals surface area contributed by atoms with Gasteiger partial charge in [-0.25, -0.2) is 29.3 Å². The van der Waals surface area contributed by atoms with Crippen LogP contribution in [0.5, 0.6) is 17.2 Å². The number of thioether (sulfide) groups is 1. The molecule has 3 aromatic heterocycles. The standard InChI is InChI=1S/C32H47F5O3S.C22H24ClFN4O3.C11H15N5O3S/c1-30-17-15-26-25-12-11-24(38)21-23(25)20-22(29(26)27(30)13-14-28(30)39)10-7-5-3-2-4-6-8-18-41(40)19-9-16-31(33,34)32(35,36)37;1-29-20-13-19-16(12-21(20)31-8-2-5-28-6-9-30-10-7-28)22(26-14-25-19)27-15-3-4-18(24)17(23)11-15;1-20-2-5-7(17)8(18)11(19-5)16-4-15-6-9(12)13-3-14-10(6)16/h11-12,21-22,26-29,38-39H,2-10,13-20H2,1H3;3-4,11-14H,2,5-10H2,1H3,(H,25,26,27);3-5,7-8,11,17-18H,2H2,1H3,(H2,12,13,14)/t22-,26-,27+,28+,29-,30+,41?;;5-,7-,8-,11-/m1.1/s1. The highest BCUT2D eigenvalue weighted by Crippen LogP contribution is 2.63. The summed E-state index contributed by atoms with van der Waals surface area (Å²) in [5.74, 6) is 0.259. The van der Waals surface area contributed by atoms with Crippen LogP contribution in [0, 0.1) is 29.0 Å². The van der Waals surface area contributed by atoms with Crippen LogP contribution in [0.15, 0.2) is 67.5 Å². The summed E-state index contributed by atoms with van der Waals surface area (Å²) in [5, 5.41) is 45.1. The molecule has 5 aliphatic rings. The topological polar surface area (TPSA) is 246 Å². The van der Waals surface area contributed by atoms with E-state index in [0.717, 1.165) is 122 Å². The predicted octanol–water partition coefficient (Wildman–Crippen LogP) is 12.3. The number of hydrogen-bond donors (Lipinski definition) is 6. The van der Waals surface area contributed by atoms with Crippen molar-refractivity contribution in [3.63, 3.8) is 0 Å². The number of methoxy groups -OCH3 is 1. The second kappa shape index (κ2) is 32.4. The third kappa shape index (κ3) is 17.4. The summed E-state index contributed by atoms with van der Waals surface area (Å²) < 4.78 is 112. The molecule has 7 N–H and O–H groups in total. The quantitative estimate of drug-likeness (QED) is 0.0230. The SMILES string of the molecule is COc1cc2ncnc(Nc3ccc(F)c(Cl)c3)c2cc1OCCCN1CCOCC1.CSC[C@H]1O[C@@H](n2cnc3c(N)ncnc32)[C@H](O)[C@@H]1O.C[C@]12CC[C@@H]3c4ccc(O)cc4C[C@@H](CCCCCCCCCS(=O)CCCC(F)(F)C(F)(F)F)[C@H]3[C@@H]1CC[C@@H]2O. The number of rotatable bonds is 25. The molecular weight excluding hydrogens is 1260 g/mol. The first-order valence-corrected chi connectivity index (χ1v) is 35.1. The molecule has 0 radical (unpaired) electrons. The minimum absolute atomic E-state index is 0.0195. The van der Waals surface area contributed by atoms with E-state index in [4.69, 9.17) is 36.3 Å². The summed E-state index contributed by atoms with van der Waals surface area (Å²) in [7, 11) is 0.245. The second-order valence-corrected chi connectivity index (χ2v) is 27.9. The maximum Gasteiger partial charge on any atom is 0.453 e. The first-order valence-electron chi connectivity index (χ1n) is 31.8. The molecule has 18 nitrogen and oxygen atoms in total. The predicted molar refractivity (Wildman–Crippen MR) is 345 cm³/mol. The summed E-state index contributed by atoms with van der Waals surface area (Å²) in [4.78, 5) is 23.1. The van der Waals surface area contributed by atoms with Crippen LogP contribution in [0.25, 0.3) is 22.1 Å². The first kappa shape index (κ1) is 71.0. The fraction of sp³-hybridized carbons (Fsp3) is 0.615. The number of nitrogen functional groups attached to an aromatic ring is 1. The van der Waals surface area contributed by atoms with E-state index >= 15 is 0 Å². The van der Waals surface area contributed by atoms with Gasteiger partial charge in [0, 0.05) is 71.3 Å². The number of alkyl halides is 5. The molecule has 0 spiro atoms. The molecule has 3 aliphatic carbocycles. The molecule has 0 bridgehead atoms. The molecule has 0 amide bonds. The van der Waals surface area contributed by atoms with Crippen LogP contribution in [0.1, 0.15) is 127 Å². The lowest BCUT2D eigenvalue weighted by atomic mass is 9.52. The molecule has 11 atom stereocenters. The number of nitrogens with one attached hydrogen (secondary N) is 1. The summed E-state index contributed by atoms with van der Waals surface area (Å²) in [6, 6.07) is 14.0. The Morgan fingerprint density at radius 1 is 0.870 bits per heavy atom. The highest BCUT2D eigenvalue weighted by atomic mass is 35.5. The van der Waals surface area contributed by atoms with Gasteiger partial charge in [0.05, 0.1) is 56.0 Å². The number of phenolic OH excluding ortho intramolecular Hbond substituents is 1. The molecule has 506 valence electrons. The number of hydrogen-bond acceptors (Lipinski definition) is 18. The molecule has 2 aliphatic heterocycles. The minimum Gasteiger partial charge on any atom is -0.508 e. The Bertz CT molecular complexity index is 3400. The molecule has 27 heteroatoms. The number of aromatic nitrogens is 6. The smallest absolute Gasteiger partial charge is 0.453 e. The number of nitrogens with zero attached hydrogens (tertiary/aromatic N) is 7. The normalized spacial score (nSPS) is 25.0. The number of aliphatic hydroxyl groups is 3. The molecule has 11 rings (SSSR count). The van der Waals surface area contributed by atoms with Gasteiger partial charge in [-0.2, -0.15) is 33.7 Å². The second-order valence-electron chi connectivity index (χ2n) is 24.9. The number of unbranched alkanes of at least 4 members (excludes halogenated alkanes) is 6. The first-order chi connectivity index (χ1) is 44.1. The number of morpholine rings is 1. The highest BCUT2D eigenvalue weighted by molar-refractivity contribution is 7.98. The van der Waals surface area contributed by atoms with Crippen LogP contribution in [0.3, 0.4) is 0 Å². The van der Waals surface area contributed by atoms with Crippen molar-refractivity contribution in [1.82, 2.24) is 34.4 Å². The Hall–Kier alpha value is -5.32. The lowest BCUT2D eigenvalue weighted by molar-refractivity contribution is -0.284. The number of anilines is 3. The van der Waals surface area contributed by atoms with Gasteiger partial charge in [-0.05, 0) is 141 Å². The monoisotopic (exact) mass is 1350 g/mol. The van der Waals surface area contributed by atoms with Crippen molar-refractivity contribution in [1.29, 1.82) is 0 Å². The number of fused-ring (bicyclic) bond motifs is 7. The van der Waals surface area contributed by atoms with E-state index in [2.05, 4.69) is 48.1 Å². The summed E-state index contributed by atoms with van der Waals surface area (Å²) in [6.07, 6.45) is 9.90. The van der Waals surface area contributed by atoms with Gasteiger partial charge in [0.15, 0.2) is 29.2 Å². The van der Waals surface area contributed by atoms with E-state index in [1.54, 1.807) is 29.5 Å². The fourth-order valence-corrected chi connectivity index (χ4v) is 16.0. The summed E-state index contributed by atoms with van der Waals surface area (Å²) >= 11 is 7.44. The largest absolute Gasteiger partial charge is 0.508 e. The van der Waals surface area contributed by atoms with E-state index < -0.39 is 66.1 Å². The minimum atomic E-state index is -5.54. The van der Waals surface area contributed by atoms with Gasteiger partial charge in [0.2, 0.25) is 0 Å². The van der Waals surface area contributed by atoms with E-state index in [-0.39, 0.29) is 28.1 Å². The Morgan fingerprint density at radius 3 is 2.35 bits per heavy atom. The van der Waals surface area contributed by atoms with Crippen molar-refractivity contribution in [2.75, 3.05) is 81.1 Å². The summed E-state index contributed by atoms with van der Waals surface area (Å²) in [6.45, 7) is 7.31. The molecule has 1 unspecified atom stereocenters. The van der Waals surface area contributed by atoms with E-state index in [1.807, 2.05) is 30.5 Å². The van der Waals surface area contributed by atoms with Crippen LogP contribution in [-0.2, 0) is 26.7 Å². The van der Waals surface area contributed by atoms with E-state index in [9.17, 15) is 51.0 Å². The zero-order valence-corrected chi connectivity index (χ0v) is 54.6. The Morgan fingerprint density at radius 2 is 1.61 bits per heavy atom. The van der Waals surface area contributed by atoms with Crippen LogP contribution in [-0.4, -0.2) is 166 Å². The molecule has 2 saturated heterocycles. The number of aliphatic hydroxyl groups excluding tert-OH is 3. The maximum absolute atomic E-state index is 13.5. The van der Waals surface area contributed by atoms with E-state index in [0.29, 0.717) is 93.6 Å². The van der Waals surface area contributed by atoms with Crippen LogP contribution in [0.2, 0.25) is 5.02 Å². The zero-order valence-electron chi connectivity index (χ0n) is 52.2. The van der Waals surface area contributed by atoms with Gasteiger partial charge < -0.3 is 50.4 Å². The number of benzene rings is 3. The van der Waals surface area contributed by atoms with Gasteiger partial charge in [-0.1, -0.05) is 63.1 Å². The number of halogens is 7. The maximum atomic E-state index is 13.5. The lowest BCUT2D eigenvalue weighted by Crippen LogP contribution is -2.47. The van der Waals surface area contributed by atoms with Gasteiger partial charge >= 0.3 is 12.1 Å². The highest BCUT2D eigenvalue weighted by Gasteiger charge is 2.57. The Kier molecular flexibility index (Phi) is 25.0. The average molecular weight is 1350 g/mol. The molecule has 4 fully saturated rings. The van der Waals surface area contributed by atoms with Crippen molar-refractivity contribution in [2.24, 2.45) is 23.2 Å². The Labute approximate surface area is 544 Å². The van der Waals surface area contributed by atoms with Crippen molar-refractivity contribution in [3.8, 4) is 17.2 Å². The molecule has 5 heterocycles. The summed E-state index contributed by atoms with van der Waals surface area (Å²) in [5.41, 5.74) is 10.7. The molecule has 2 saturated carbocycles. The Balaban J connectivity index is 0.000000173. The van der Waals surface area contributed by atoms with Gasteiger partial charge in [-0.3, -0.25) is 13.7 Å². The van der Waals surface area contributed by atoms with Crippen LogP contribution < -0.4 is 20.5 Å². The number of aromatic hydroxyl groups is 1. The number of phenols is 1. The molecule has 6 aromatic rings. The van der Waals surface area contributed by atoms with Crippen molar-refractivity contribution in [2.45, 2.75) is 158 Å². The number of nitrogens with two attached hydrogens (primary N) is 1. The third-order valence-corrected chi connectivity index (χ3v) is 21.4. The molecular formula is C65H86ClF6N9O9S2. The average Bonchev–Trinajstić information content (AvgIpc) is 1.35.